The summed E-state index contributed by atoms with van der Waals surface area (Å²) in [5.74, 6) is 0.572. The highest BCUT2D eigenvalue weighted by Gasteiger charge is 2.23. The highest BCUT2D eigenvalue weighted by atomic mass is 32.1. The lowest BCUT2D eigenvalue weighted by atomic mass is 10.2. The van der Waals surface area contributed by atoms with E-state index >= 15 is 0 Å². The van der Waals surface area contributed by atoms with Gasteiger partial charge in [0.15, 0.2) is 5.96 Å². The predicted molar refractivity (Wildman–Crippen MR) is 104 cm³/mol. The average Bonchev–Trinajstić information content (AvgIpc) is 3.34. The molecular weight excluding hydrogens is 334 g/mol. The van der Waals surface area contributed by atoms with E-state index in [1.165, 1.54) is 30.8 Å². The van der Waals surface area contributed by atoms with Gasteiger partial charge in [-0.25, -0.2) is 0 Å². The van der Waals surface area contributed by atoms with Crippen molar-refractivity contribution in [2.24, 2.45) is 10.7 Å². The van der Waals surface area contributed by atoms with Crippen LogP contribution in [0.1, 0.15) is 30.2 Å². The molecule has 0 amide bonds. The van der Waals surface area contributed by atoms with Gasteiger partial charge in [-0.05, 0) is 50.3 Å². The minimum absolute atomic E-state index is 0.371. The number of likely N-dealkylation sites (tertiary alicyclic amines) is 1. The molecule has 2 aliphatic rings. The third-order valence-electron chi connectivity index (χ3n) is 4.95. The number of nitrogens with one attached hydrogen (secondary N) is 1. The Morgan fingerprint density at radius 3 is 2.80 bits per heavy atom. The molecule has 0 aliphatic carbocycles. The molecule has 0 bridgehead atoms. The molecule has 2 fully saturated rings. The number of nitrogens with two attached hydrogens (primary N) is 1. The molecule has 6 nitrogen and oxygen atoms in total. The van der Waals surface area contributed by atoms with Crippen molar-refractivity contribution in [1.29, 1.82) is 0 Å². The fourth-order valence-electron chi connectivity index (χ4n) is 3.50. The third kappa shape index (κ3) is 5.95. The quantitative estimate of drug-likeness (QED) is 0.415. The highest BCUT2D eigenvalue weighted by Crippen LogP contribution is 2.28. The summed E-state index contributed by atoms with van der Waals surface area (Å²) in [5.41, 5.74) is 6.08. The Balaban J connectivity index is 1.40. The van der Waals surface area contributed by atoms with E-state index in [1.54, 1.807) is 0 Å². The summed E-state index contributed by atoms with van der Waals surface area (Å²) in [7, 11) is 0. The lowest BCUT2D eigenvalue weighted by Crippen LogP contribution is -2.39. The smallest absolute Gasteiger partial charge is 0.188 e. The Bertz CT molecular complexity index is 510. The fraction of sp³-hybridized carbons (Fsp3) is 0.722. The van der Waals surface area contributed by atoms with Crippen LogP contribution in [0.3, 0.4) is 0 Å². The number of guanidine groups is 1. The van der Waals surface area contributed by atoms with Crippen molar-refractivity contribution in [2.45, 2.75) is 25.3 Å². The van der Waals surface area contributed by atoms with Gasteiger partial charge in [0.25, 0.3) is 0 Å². The van der Waals surface area contributed by atoms with Crippen molar-refractivity contribution in [2.75, 3.05) is 59.0 Å². The van der Waals surface area contributed by atoms with Gasteiger partial charge in [0.1, 0.15) is 0 Å². The minimum atomic E-state index is 0.371. The van der Waals surface area contributed by atoms with Gasteiger partial charge in [0.05, 0.1) is 25.8 Å². The maximum absolute atomic E-state index is 6.08. The van der Waals surface area contributed by atoms with Gasteiger partial charge in [-0.15, -0.1) is 11.3 Å². The zero-order valence-electron chi connectivity index (χ0n) is 15.0. The number of morpholine rings is 1. The van der Waals surface area contributed by atoms with Crippen molar-refractivity contribution in [1.82, 2.24) is 15.1 Å². The fourth-order valence-corrected chi connectivity index (χ4v) is 4.36. The number of nitrogens with zero attached hydrogens (tertiary/aromatic N) is 3. The standard InChI is InChI=1S/C18H31N5OS/c19-18(20-6-4-7-22-10-12-24-13-11-22)21-15-16(17-5-3-14-25-17)23-8-1-2-9-23/h3,5,14,16H,1-2,4,6-13,15H2,(H3,19,20,21). The van der Waals surface area contributed by atoms with Gasteiger partial charge < -0.3 is 15.8 Å². The number of aliphatic imine (C=N–C) groups is 1. The van der Waals surface area contributed by atoms with Gasteiger partial charge >= 0.3 is 0 Å². The van der Waals surface area contributed by atoms with Crippen LogP contribution in [0.4, 0.5) is 0 Å². The van der Waals surface area contributed by atoms with E-state index in [0.29, 0.717) is 12.0 Å². The Labute approximate surface area is 155 Å². The van der Waals surface area contributed by atoms with Gasteiger partial charge in [-0.1, -0.05) is 6.07 Å². The second-order valence-electron chi connectivity index (χ2n) is 6.73. The van der Waals surface area contributed by atoms with Gasteiger partial charge in [0.2, 0.25) is 0 Å². The summed E-state index contributed by atoms with van der Waals surface area (Å²) in [4.78, 5) is 11.0. The molecule has 1 aromatic heterocycles. The van der Waals surface area contributed by atoms with Gasteiger partial charge in [0, 0.05) is 24.5 Å². The number of hydrogen-bond acceptors (Lipinski definition) is 5. The third-order valence-corrected chi connectivity index (χ3v) is 5.92. The monoisotopic (exact) mass is 365 g/mol. The number of ether oxygens (including phenoxy) is 1. The Hall–Kier alpha value is -1.15. The van der Waals surface area contributed by atoms with Gasteiger partial charge in [-0.3, -0.25) is 14.8 Å². The maximum atomic E-state index is 6.08. The van der Waals surface area contributed by atoms with Crippen molar-refractivity contribution < 1.29 is 4.74 Å². The second kappa shape index (κ2) is 10.1. The van der Waals surface area contributed by atoms with E-state index in [1.807, 2.05) is 11.3 Å². The van der Waals surface area contributed by atoms with Crippen LogP contribution in [-0.2, 0) is 4.74 Å². The Morgan fingerprint density at radius 2 is 2.08 bits per heavy atom. The van der Waals surface area contributed by atoms with Crippen molar-refractivity contribution in [3.05, 3.63) is 22.4 Å². The summed E-state index contributed by atoms with van der Waals surface area (Å²) in [5, 5.41) is 5.42. The molecule has 2 saturated heterocycles. The highest BCUT2D eigenvalue weighted by molar-refractivity contribution is 7.10. The molecule has 1 atom stereocenters. The molecule has 140 valence electrons. The molecule has 0 spiro atoms. The summed E-state index contributed by atoms with van der Waals surface area (Å²) in [6.45, 7) is 8.85. The average molecular weight is 366 g/mol. The largest absolute Gasteiger partial charge is 0.379 e. The molecule has 2 aliphatic heterocycles. The molecule has 3 N–H and O–H groups in total. The van der Waals surface area contributed by atoms with E-state index in [2.05, 4.69) is 37.6 Å². The molecule has 7 heteroatoms. The minimum Gasteiger partial charge on any atom is -0.379 e. The molecule has 0 radical (unpaired) electrons. The van der Waals surface area contributed by atoms with E-state index in [-0.39, 0.29) is 0 Å². The van der Waals surface area contributed by atoms with Crippen LogP contribution in [0.2, 0.25) is 0 Å². The normalized spacial score (nSPS) is 21.5. The first-order chi connectivity index (χ1) is 12.3. The molecule has 0 aromatic carbocycles. The van der Waals surface area contributed by atoms with Crippen LogP contribution in [0.25, 0.3) is 0 Å². The molecule has 3 rings (SSSR count). The first-order valence-corrected chi connectivity index (χ1v) is 10.3. The first-order valence-electron chi connectivity index (χ1n) is 9.44. The molecule has 1 aromatic rings. The van der Waals surface area contributed by atoms with E-state index in [9.17, 15) is 0 Å². The summed E-state index contributed by atoms with van der Waals surface area (Å²) in [6, 6.07) is 4.71. The second-order valence-corrected chi connectivity index (χ2v) is 7.71. The Morgan fingerprint density at radius 1 is 1.28 bits per heavy atom. The SMILES string of the molecule is NC(=NCC(c1cccs1)N1CCCC1)NCCCN1CCOCC1. The van der Waals surface area contributed by atoms with E-state index < -0.39 is 0 Å². The van der Waals surface area contributed by atoms with Crippen LogP contribution in [-0.4, -0.2) is 74.8 Å². The molecule has 1 unspecified atom stereocenters. The zero-order chi connectivity index (χ0) is 17.3. The Kier molecular flexibility index (Phi) is 7.54. The lowest BCUT2D eigenvalue weighted by molar-refractivity contribution is 0.0376. The number of hydrogen-bond donors (Lipinski definition) is 2. The zero-order valence-corrected chi connectivity index (χ0v) is 15.8. The summed E-state index contributed by atoms with van der Waals surface area (Å²) >= 11 is 1.82. The van der Waals surface area contributed by atoms with Crippen molar-refractivity contribution in [3.8, 4) is 0 Å². The summed E-state index contributed by atoms with van der Waals surface area (Å²) in [6.07, 6.45) is 3.67. The predicted octanol–water partition coefficient (Wildman–Crippen LogP) is 1.51. The molecule has 25 heavy (non-hydrogen) atoms. The van der Waals surface area contributed by atoms with Gasteiger partial charge in [-0.2, -0.15) is 0 Å². The van der Waals surface area contributed by atoms with Crippen molar-refractivity contribution >= 4 is 17.3 Å². The van der Waals surface area contributed by atoms with Crippen LogP contribution < -0.4 is 11.1 Å². The molecule has 3 heterocycles. The number of thiophene rings is 1. The lowest BCUT2D eigenvalue weighted by Gasteiger charge is -2.26. The molecule has 0 saturated carbocycles. The van der Waals surface area contributed by atoms with E-state index in [0.717, 1.165) is 52.4 Å². The maximum Gasteiger partial charge on any atom is 0.188 e. The van der Waals surface area contributed by atoms with E-state index in [4.69, 9.17) is 10.5 Å². The molecular formula is C18H31N5OS. The van der Waals surface area contributed by atoms with Crippen LogP contribution in [0.5, 0.6) is 0 Å². The number of rotatable bonds is 8. The van der Waals surface area contributed by atoms with Crippen LogP contribution in [0.15, 0.2) is 22.5 Å². The van der Waals surface area contributed by atoms with Crippen LogP contribution >= 0.6 is 11.3 Å². The summed E-state index contributed by atoms with van der Waals surface area (Å²) < 4.78 is 5.37. The van der Waals surface area contributed by atoms with Crippen LogP contribution in [0, 0.1) is 0 Å². The first kappa shape index (κ1) is 18.6. The van der Waals surface area contributed by atoms with Crippen molar-refractivity contribution in [3.63, 3.8) is 0 Å². The topological polar surface area (TPSA) is 66.1 Å².